The molecule has 122 valence electrons. The summed E-state index contributed by atoms with van der Waals surface area (Å²) in [5, 5.41) is 4.20. The lowest BCUT2D eigenvalue weighted by Crippen LogP contribution is -3.14. The molecule has 1 saturated heterocycles. The van der Waals surface area contributed by atoms with Gasteiger partial charge >= 0.3 is 0 Å². The zero-order valence-corrected chi connectivity index (χ0v) is 14.5. The van der Waals surface area contributed by atoms with Crippen LogP contribution in [0.15, 0.2) is 24.3 Å². The van der Waals surface area contributed by atoms with Crippen molar-refractivity contribution in [3.63, 3.8) is 0 Å². The van der Waals surface area contributed by atoms with Crippen molar-refractivity contribution in [2.24, 2.45) is 0 Å². The molecule has 22 heavy (non-hydrogen) atoms. The van der Waals surface area contributed by atoms with Crippen molar-refractivity contribution in [1.29, 1.82) is 0 Å². The zero-order valence-electron chi connectivity index (χ0n) is 13.7. The molecule has 5 heteroatoms. The Labute approximate surface area is 139 Å². The summed E-state index contributed by atoms with van der Waals surface area (Å²) in [7, 11) is 2.04. The molecule has 0 aromatic heterocycles. The fourth-order valence-electron chi connectivity index (χ4n) is 2.62. The molecule has 1 heterocycles. The van der Waals surface area contributed by atoms with Gasteiger partial charge in [-0.05, 0) is 24.7 Å². The van der Waals surface area contributed by atoms with E-state index in [1.54, 1.807) is 4.90 Å². The molecule has 2 N–H and O–H groups in total. The van der Waals surface area contributed by atoms with Crippen molar-refractivity contribution in [3.05, 3.63) is 35.4 Å². The van der Waals surface area contributed by atoms with Gasteiger partial charge in [0.25, 0.3) is 0 Å². The van der Waals surface area contributed by atoms with E-state index in [0.717, 1.165) is 50.9 Å². The maximum absolute atomic E-state index is 5.46. The van der Waals surface area contributed by atoms with Gasteiger partial charge in [0.05, 0.1) is 19.8 Å². The lowest BCUT2D eigenvalue weighted by Gasteiger charge is -2.24. The molecule has 1 aromatic rings. The van der Waals surface area contributed by atoms with Gasteiger partial charge in [-0.2, -0.15) is 0 Å². The van der Waals surface area contributed by atoms with Crippen molar-refractivity contribution >= 4 is 17.3 Å². The summed E-state index contributed by atoms with van der Waals surface area (Å²) in [6.45, 7) is 9.18. The minimum absolute atomic E-state index is 0.831. The zero-order chi connectivity index (χ0) is 15.8. The molecular weight excluding hydrogens is 294 g/mol. The van der Waals surface area contributed by atoms with Crippen molar-refractivity contribution < 1.29 is 9.64 Å². The number of hydrogen-bond donors (Lipinski definition) is 2. The molecule has 1 aromatic carbocycles. The van der Waals surface area contributed by atoms with Gasteiger partial charge in [0.1, 0.15) is 13.1 Å². The second-order valence-electron chi connectivity index (χ2n) is 6.04. The highest BCUT2D eigenvalue weighted by Gasteiger charge is 2.13. The Morgan fingerprint density at radius 1 is 1.27 bits per heavy atom. The highest BCUT2D eigenvalue weighted by Crippen LogP contribution is 2.05. The molecule has 1 aliphatic heterocycles. The van der Waals surface area contributed by atoms with Crippen LogP contribution in [0.1, 0.15) is 17.5 Å². The van der Waals surface area contributed by atoms with Crippen LogP contribution in [0.2, 0.25) is 0 Å². The van der Waals surface area contributed by atoms with E-state index < -0.39 is 0 Å². The minimum Gasteiger partial charge on any atom is -0.370 e. The van der Waals surface area contributed by atoms with Gasteiger partial charge < -0.3 is 19.9 Å². The maximum Gasteiger partial charge on any atom is 0.168 e. The van der Waals surface area contributed by atoms with Crippen molar-refractivity contribution in [1.82, 2.24) is 10.2 Å². The minimum atomic E-state index is 0.831. The molecule has 4 nitrogen and oxygen atoms in total. The fourth-order valence-corrected chi connectivity index (χ4v) is 2.78. The second kappa shape index (κ2) is 9.08. The van der Waals surface area contributed by atoms with Crippen LogP contribution < -0.4 is 10.2 Å². The van der Waals surface area contributed by atoms with Gasteiger partial charge in [-0.25, -0.2) is 0 Å². The summed E-state index contributed by atoms with van der Waals surface area (Å²) in [5.41, 5.74) is 2.58. The number of nitrogens with zero attached hydrogens (tertiary/aromatic N) is 1. The lowest BCUT2D eigenvalue weighted by atomic mass is 10.1. The summed E-state index contributed by atoms with van der Waals surface area (Å²) in [6, 6.07) is 8.61. The molecule has 0 spiro atoms. The molecule has 0 bridgehead atoms. The van der Waals surface area contributed by atoms with Crippen LogP contribution in [0.4, 0.5) is 0 Å². The van der Waals surface area contributed by atoms with Crippen molar-refractivity contribution in [2.45, 2.75) is 19.9 Å². The van der Waals surface area contributed by atoms with E-state index in [2.05, 4.69) is 41.4 Å². The average Bonchev–Trinajstić information content (AvgIpc) is 2.54. The summed E-state index contributed by atoms with van der Waals surface area (Å²) >= 11 is 5.46. The third-order valence-electron chi connectivity index (χ3n) is 4.07. The van der Waals surface area contributed by atoms with Gasteiger partial charge in [0, 0.05) is 26.6 Å². The molecule has 1 aliphatic rings. The number of nitrogens with one attached hydrogen (secondary N) is 2. The van der Waals surface area contributed by atoms with E-state index in [-0.39, 0.29) is 0 Å². The van der Waals surface area contributed by atoms with Crippen LogP contribution in [0.5, 0.6) is 0 Å². The monoisotopic (exact) mass is 322 g/mol. The largest absolute Gasteiger partial charge is 0.370 e. The molecule has 0 unspecified atom stereocenters. The van der Waals surface area contributed by atoms with Crippen molar-refractivity contribution in [3.8, 4) is 0 Å². The van der Waals surface area contributed by atoms with Crippen LogP contribution in [-0.4, -0.2) is 56.5 Å². The Hall–Kier alpha value is -1.17. The van der Waals surface area contributed by atoms with Crippen LogP contribution in [0.3, 0.4) is 0 Å². The molecule has 1 fully saturated rings. The third kappa shape index (κ3) is 5.91. The average molecular weight is 322 g/mol. The third-order valence-corrected chi connectivity index (χ3v) is 4.53. The van der Waals surface area contributed by atoms with E-state index in [1.807, 2.05) is 7.05 Å². The smallest absolute Gasteiger partial charge is 0.168 e. The Balaban J connectivity index is 1.62. The number of thiocarbonyl (C=S) groups is 1. The quantitative estimate of drug-likeness (QED) is 0.593. The SMILES string of the molecule is Cc1ccc(CN(C)C(=S)NCCC[NH+]2CCOCC2)cc1. The number of morpholine rings is 1. The molecule has 0 radical (unpaired) electrons. The molecular formula is C17H28N3OS+. The number of quaternary nitrogens is 1. The first-order valence-corrected chi connectivity index (χ1v) is 8.52. The molecule has 0 amide bonds. The Kier molecular flexibility index (Phi) is 7.09. The Morgan fingerprint density at radius 2 is 1.95 bits per heavy atom. The molecule has 0 saturated carbocycles. The number of ether oxygens (including phenoxy) is 1. The van der Waals surface area contributed by atoms with E-state index in [4.69, 9.17) is 17.0 Å². The maximum atomic E-state index is 5.46. The van der Waals surface area contributed by atoms with Gasteiger partial charge in [-0.15, -0.1) is 0 Å². The first kappa shape index (κ1) is 17.2. The number of rotatable bonds is 6. The number of hydrogen-bond acceptors (Lipinski definition) is 2. The van der Waals surface area contributed by atoms with Gasteiger partial charge in [-0.3, -0.25) is 0 Å². The molecule has 0 aliphatic carbocycles. The van der Waals surface area contributed by atoms with Gasteiger partial charge in [0.2, 0.25) is 0 Å². The molecule has 0 atom stereocenters. The van der Waals surface area contributed by atoms with Gasteiger partial charge in [-0.1, -0.05) is 29.8 Å². The van der Waals surface area contributed by atoms with Crippen LogP contribution in [0, 0.1) is 6.92 Å². The fraction of sp³-hybridized carbons (Fsp3) is 0.588. The lowest BCUT2D eigenvalue weighted by molar-refractivity contribution is -0.908. The van der Waals surface area contributed by atoms with Crippen LogP contribution >= 0.6 is 12.2 Å². The van der Waals surface area contributed by atoms with Crippen molar-refractivity contribution in [2.75, 3.05) is 46.4 Å². The predicted octanol–water partition coefficient (Wildman–Crippen LogP) is 0.607. The first-order chi connectivity index (χ1) is 10.6. The topological polar surface area (TPSA) is 28.9 Å². The summed E-state index contributed by atoms with van der Waals surface area (Å²) in [6.07, 6.45) is 1.15. The van der Waals surface area contributed by atoms with Gasteiger partial charge in [0.15, 0.2) is 5.11 Å². The second-order valence-corrected chi connectivity index (χ2v) is 6.43. The van der Waals surface area contributed by atoms with E-state index in [9.17, 15) is 0 Å². The highest BCUT2D eigenvalue weighted by molar-refractivity contribution is 7.80. The summed E-state index contributed by atoms with van der Waals surface area (Å²) < 4.78 is 5.38. The Bertz CT molecular complexity index is 457. The summed E-state index contributed by atoms with van der Waals surface area (Å²) in [5.74, 6) is 0. The first-order valence-electron chi connectivity index (χ1n) is 8.11. The summed E-state index contributed by atoms with van der Waals surface area (Å²) in [4.78, 5) is 3.74. The normalized spacial score (nSPS) is 15.5. The Morgan fingerprint density at radius 3 is 2.64 bits per heavy atom. The van der Waals surface area contributed by atoms with E-state index in [1.165, 1.54) is 17.7 Å². The van der Waals surface area contributed by atoms with E-state index in [0.29, 0.717) is 0 Å². The van der Waals surface area contributed by atoms with E-state index >= 15 is 0 Å². The highest BCUT2D eigenvalue weighted by atomic mass is 32.1. The molecule has 2 rings (SSSR count). The number of benzene rings is 1. The van der Waals surface area contributed by atoms with Crippen LogP contribution in [-0.2, 0) is 11.3 Å². The predicted molar refractivity (Wildman–Crippen MR) is 94.2 cm³/mol. The number of aryl methyl sites for hydroxylation is 1. The van der Waals surface area contributed by atoms with Crippen LogP contribution in [0.25, 0.3) is 0 Å². The standard InChI is InChI=1S/C17H27N3OS/c1-15-4-6-16(7-5-15)14-19(2)17(22)18-8-3-9-20-10-12-21-13-11-20/h4-7H,3,8-14H2,1-2H3,(H,18,22)/p+1.